The lowest BCUT2D eigenvalue weighted by Gasteiger charge is -2.49. The van der Waals surface area contributed by atoms with Crippen molar-refractivity contribution in [2.24, 2.45) is 11.8 Å². The van der Waals surface area contributed by atoms with Crippen LogP contribution in [0.4, 0.5) is 15.9 Å². The molecule has 2 aromatic carbocycles. The van der Waals surface area contributed by atoms with Crippen LogP contribution in [-0.4, -0.2) is 36.3 Å². The van der Waals surface area contributed by atoms with Crippen molar-refractivity contribution >= 4 is 45.6 Å². The van der Waals surface area contributed by atoms with E-state index in [0.29, 0.717) is 40.1 Å². The van der Waals surface area contributed by atoms with E-state index in [0.717, 1.165) is 13.1 Å². The number of fused-ring (bicyclic) bond motifs is 3. The van der Waals surface area contributed by atoms with E-state index in [4.69, 9.17) is 32.7 Å². The Bertz CT molecular complexity index is 1120. The van der Waals surface area contributed by atoms with Gasteiger partial charge < -0.3 is 20.1 Å². The minimum absolute atomic E-state index is 0.143. The molecule has 9 heteroatoms. The van der Waals surface area contributed by atoms with Crippen molar-refractivity contribution < 1.29 is 13.9 Å². The Kier molecular flexibility index (Phi) is 5.05. The molecule has 1 saturated carbocycles. The Hall–Kier alpha value is -2.35. The number of ether oxygens (including phenoxy) is 2. The van der Waals surface area contributed by atoms with E-state index < -0.39 is 5.82 Å². The summed E-state index contributed by atoms with van der Waals surface area (Å²) in [7, 11) is 1.60. The van der Waals surface area contributed by atoms with Crippen LogP contribution in [0.5, 0.6) is 11.5 Å². The van der Waals surface area contributed by atoms with Gasteiger partial charge in [0, 0.05) is 36.4 Å². The molecular formula is C21H19Cl2FN4O2. The van der Waals surface area contributed by atoms with E-state index in [9.17, 15) is 4.39 Å². The predicted molar refractivity (Wildman–Crippen MR) is 115 cm³/mol. The van der Waals surface area contributed by atoms with Gasteiger partial charge in [-0.15, -0.1) is 0 Å². The van der Waals surface area contributed by atoms with Crippen molar-refractivity contribution in [1.82, 2.24) is 15.3 Å². The molecule has 156 valence electrons. The Morgan fingerprint density at radius 3 is 2.67 bits per heavy atom. The maximum absolute atomic E-state index is 14.5. The van der Waals surface area contributed by atoms with Gasteiger partial charge in [-0.05, 0) is 24.6 Å². The third kappa shape index (κ3) is 3.31. The molecule has 1 aromatic heterocycles. The number of halogens is 3. The van der Waals surface area contributed by atoms with Crippen LogP contribution < -0.4 is 20.1 Å². The molecule has 1 aliphatic heterocycles. The first-order valence-corrected chi connectivity index (χ1v) is 10.4. The van der Waals surface area contributed by atoms with E-state index in [-0.39, 0.29) is 21.8 Å². The second-order valence-corrected chi connectivity index (χ2v) is 8.37. The zero-order chi connectivity index (χ0) is 20.8. The van der Waals surface area contributed by atoms with Crippen molar-refractivity contribution in [3.63, 3.8) is 0 Å². The minimum atomic E-state index is -0.643. The zero-order valence-electron chi connectivity index (χ0n) is 16.1. The standard InChI is InChI=1S/C21H19Cl2FN4O2/c1-29-16-6-15-12(5-17(16)30-20-10-4-11(20)8-25-7-10)21(27-9-26-15)28-14-3-2-13(22)18(23)19(14)24/h2-3,5-6,9-11,20,25H,4,7-8H2,1H3,(H,26,27,28)/t10-,11+,20?. The van der Waals surface area contributed by atoms with Crippen LogP contribution in [0.1, 0.15) is 6.42 Å². The molecule has 6 nitrogen and oxygen atoms in total. The molecule has 5 rings (SSSR count). The summed E-state index contributed by atoms with van der Waals surface area (Å²) in [5.41, 5.74) is 0.815. The number of hydrogen-bond donors (Lipinski definition) is 2. The average molecular weight is 449 g/mol. The van der Waals surface area contributed by atoms with Crippen molar-refractivity contribution in [2.75, 3.05) is 25.5 Å². The van der Waals surface area contributed by atoms with Crippen LogP contribution >= 0.6 is 23.2 Å². The van der Waals surface area contributed by atoms with Crippen molar-refractivity contribution in [3.05, 3.63) is 46.5 Å². The third-order valence-corrected chi connectivity index (χ3v) is 6.60. The maximum Gasteiger partial charge on any atom is 0.166 e. The Balaban J connectivity index is 1.52. The number of methoxy groups -OCH3 is 1. The van der Waals surface area contributed by atoms with Gasteiger partial charge >= 0.3 is 0 Å². The third-order valence-electron chi connectivity index (χ3n) is 5.82. The lowest BCUT2D eigenvalue weighted by molar-refractivity contribution is -0.0455. The van der Waals surface area contributed by atoms with E-state index in [2.05, 4.69) is 20.6 Å². The van der Waals surface area contributed by atoms with Crippen LogP contribution in [0.15, 0.2) is 30.6 Å². The fourth-order valence-corrected chi connectivity index (χ4v) is 4.51. The average Bonchev–Trinajstić information content (AvgIpc) is 2.77. The van der Waals surface area contributed by atoms with Crippen molar-refractivity contribution in [2.45, 2.75) is 12.5 Å². The molecule has 3 atom stereocenters. The van der Waals surface area contributed by atoms with Crippen LogP contribution in [0.2, 0.25) is 10.0 Å². The summed E-state index contributed by atoms with van der Waals surface area (Å²) in [4.78, 5) is 8.61. The molecule has 2 bridgehead atoms. The number of rotatable bonds is 5. The highest BCUT2D eigenvalue weighted by Gasteiger charge is 2.45. The highest BCUT2D eigenvalue weighted by Crippen LogP contribution is 2.43. The number of benzene rings is 2. The second kappa shape index (κ2) is 7.72. The summed E-state index contributed by atoms with van der Waals surface area (Å²) in [5.74, 6) is 2.01. The molecule has 0 amide bonds. The molecule has 1 unspecified atom stereocenters. The molecule has 1 saturated heterocycles. The number of nitrogens with one attached hydrogen (secondary N) is 2. The number of aromatic nitrogens is 2. The van der Waals surface area contributed by atoms with Gasteiger partial charge in [0.1, 0.15) is 18.2 Å². The van der Waals surface area contributed by atoms with Crippen molar-refractivity contribution in [3.8, 4) is 11.5 Å². The summed E-state index contributed by atoms with van der Waals surface area (Å²) in [6.07, 6.45) is 2.74. The fourth-order valence-electron chi connectivity index (χ4n) is 4.20. The van der Waals surface area contributed by atoms with Gasteiger partial charge in [0.05, 0.1) is 28.4 Å². The fraction of sp³-hybridized carbons (Fsp3) is 0.333. The van der Waals surface area contributed by atoms with Crippen LogP contribution in [0.3, 0.4) is 0 Å². The van der Waals surface area contributed by atoms with Crippen molar-refractivity contribution in [1.29, 1.82) is 0 Å². The number of anilines is 2. The topological polar surface area (TPSA) is 68.3 Å². The highest BCUT2D eigenvalue weighted by molar-refractivity contribution is 6.42. The zero-order valence-corrected chi connectivity index (χ0v) is 17.6. The van der Waals surface area contributed by atoms with Gasteiger partial charge in [0.25, 0.3) is 0 Å². The Morgan fingerprint density at radius 1 is 1.13 bits per heavy atom. The number of hydrogen-bond acceptors (Lipinski definition) is 6. The Morgan fingerprint density at radius 2 is 1.93 bits per heavy atom. The van der Waals surface area contributed by atoms with E-state index in [1.807, 2.05) is 6.07 Å². The molecule has 2 fully saturated rings. The summed E-state index contributed by atoms with van der Waals surface area (Å²) < 4.78 is 26.4. The van der Waals surface area contributed by atoms with Gasteiger partial charge in [-0.1, -0.05) is 23.2 Å². The first-order valence-electron chi connectivity index (χ1n) is 9.65. The van der Waals surface area contributed by atoms with Gasteiger partial charge in [-0.25, -0.2) is 14.4 Å². The minimum Gasteiger partial charge on any atom is -0.493 e. The number of nitrogens with zero attached hydrogens (tertiary/aromatic N) is 2. The normalized spacial score (nSPS) is 22.5. The molecule has 2 N–H and O–H groups in total. The molecular weight excluding hydrogens is 430 g/mol. The van der Waals surface area contributed by atoms with Gasteiger partial charge in [0.15, 0.2) is 17.3 Å². The summed E-state index contributed by atoms with van der Waals surface area (Å²) in [5, 5.41) is 7.09. The second-order valence-electron chi connectivity index (χ2n) is 7.59. The summed E-state index contributed by atoms with van der Waals surface area (Å²) in [6, 6.07) is 6.68. The lowest BCUT2D eigenvalue weighted by atomic mass is 9.69. The van der Waals surface area contributed by atoms with Crippen LogP contribution in [-0.2, 0) is 0 Å². The molecule has 2 heterocycles. The molecule has 0 spiro atoms. The van der Waals surface area contributed by atoms with E-state index >= 15 is 0 Å². The van der Waals surface area contributed by atoms with Gasteiger partial charge in [-0.2, -0.15) is 0 Å². The maximum atomic E-state index is 14.5. The molecule has 1 aliphatic carbocycles. The molecule has 3 aromatic rings. The lowest BCUT2D eigenvalue weighted by Crippen LogP contribution is -2.59. The molecule has 30 heavy (non-hydrogen) atoms. The first-order chi connectivity index (χ1) is 14.5. The predicted octanol–water partition coefficient (Wildman–Crippen LogP) is 4.81. The van der Waals surface area contributed by atoms with Crippen LogP contribution in [0.25, 0.3) is 10.9 Å². The highest BCUT2D eigenvalue weighted by atomic mass is 35.5. The van der Waals surface area contributed by atoms with Crippen LogP contribution in [0, 0.1) is 17.7 Å². The SMILES string of the molecule is COc1cc2ncnc(Nc3ccc(Cl)c(Cl)c3F)c2cc1OC1[C@@H]2CNC[C@H]1C2. The van der Waals surface area contributed by atoms with E-state index in [1.165, 1.54) is 24.9 Å². The molecule has 2 aliphatic rings. The summed E-state index contributed by atoms with van der Waals surface area (Å²) in [6.45, 7) is 1.92. The first kappa shape index (κ1) is 19.6. The van der Waals surface area contributed by atoms with Gasteiger partial charge in [-0.3, -0.25) is 0 Å². The smallest absolute Gasteiger partial charge is 0.166 e. The van der Waals surface area contributed by atoms with Gasteiger partial charge in [0.2, 0.25) is 0 Å². The number of piperidine rings is 2. The monoisotopic (exact) mass is 448 g/mol. The Labute approximate surface area is 182 Å². The quantitative estimate of drug-likeness (QED) is 0.545. The summed E-state index contributed by atoms with van der Waals surface area (Å²) >= 11 is 11.8. The largest absolute Gasteiger partial charge is 0.493 e. The molecule has 0 radical (unpaired) electrons. The van der Waals surface area contributed by atoms with E-state index in [1.54, 1.807) is 13.2 Å².